The first-order chi connectivity index (χ1) is 6.37. The molecule has 14 heavy (non-hydrogen) atoms. The van der Waals surface area contributed by atoms with Gasteiger partial charge in [-0.25, -0.2) is 0 Å². The predicted octanol–water partition coefficient (Wildman–Crippen LogP) is 1.63. The molecule has 1 aliphatic carbocycles. The van der Waals surface area contributed by atoms with Gasteiger partial charge in [-0.15, -0.1) is 0 Å². The van der Waals surface area contributed by atoms with Crippen molar-refractivity contribution in [2.45, 2.75) is 40.0 Å². The van der Waals surface area contributed by atoms with E-state index in [1.165, 1.54) is 0 Å². The zero-order valence-electron chi connectivity index (χ0n) is 10.2. The topological polar surface area (TPSA) is 30.5 Å². The molecule has 3 heteroatoms. The van der Waals surface area contributed by atoms with E-state index in [4.69, 9.17) is 9.47 Å². The van der Waals surface area contributed by atoms with Crippen molar-refractivity contribution in [2.24, 2.45) is 10.8 Å². The van der Waals surface area contributed by atoms with Gasteiger partial charge in [-0.1, -0.05) is 27.7 Å². The molecule has 84 valence electrons. The van der Waals surface area contributed by atoms with Crippen LogP contribution in [0.1, 0.15) is 27.7 Å². The van der Waals surface area contributed by atoms with E-state index >= 15 is 0 Å². The lowest BCUT2D eigenvalue weighted by atomic mass is 10.0. The van der Waals surface area contributed by atoms with Gasteiger partial charge in [0.15, 0.2) is 6.29 Å². The number of methoxy groups -OCH3 is 2. The molecule has 0 radical (unpaired) electrons. The Bertz CT molecular complexity index is 183. The number of nitrogens with one attached hydrogen (secondary N) is 1. The van der Waals surface area contributed by atoms with E-state index in [0.717, 1.165) is 6.54 Å². The van der Waals surface area contributed by atoms with Crippen molar-refractivity contribution in [3.8, 4) is 0 Å². The Hall–Kier alpha value is -0.120. The summed E-state index contributed by atoms with van der Waals surface area (Å²) in [4.78, 5) is 0. The second-order valence-corrected chi connectivity index (χ2v) is 5.19. The van der Waals surface area contributed by atoms with Gasteiger partial charge >= 0.3 is 0 Å². The molecule has 0 atom stereocenters. The molecular weight excluding hydrogens is 178 g/mol. The highest BCUT2D eigenvalue weighted by molar-refractivity contribution is 5.17. The molecule has 0 heterocycles. The number of ether oxygens (including phenoxy) is 2. The van der Waals surface area contributed by atoms with Gasteiger partial charge in [-0.2, -0.15) is 0 Å². The summed E-state index contributed by atoms with van der Waals surface area (Å²) in [6.07, 6.45) is -0.137. The molecule has 0 amide bonds. The van der Waals surface area contributed by atoms with E-state index in [1.54, 1.807) is 14.2 Å². The Morgan fingerprint density at radius 3 is 1.79 bits per heavy atom. The van der Waals surface area contributed by atoms with Gasteiger partial charge in [0.1, 0.15) is 0 Å². The average molecular weight is 201 g/mol. The summed E-state index contributed by atoms with van der Waals surface area (Å²) in [6, 6.07) is 0.558. The minimum absolute atomic E-state index is 0.137. The summed E-state index contributed by atoms with van der Waals surface area (Å²) >= 11 is 0. The van der Waals surface area contributed by atoms with Crippen LogP contribution >= 0.6 is 0 Å². The van der Waals surface area contributed by atoms with Crippen LogP contribution in [0.4, 0.5) is 0 Å². The molecular formula is C11H23NO2. The second-order valence-electron chi connectivity index (χ2n) is 5.19. The molecule has 1 N–H and O–H groups in total. The van der Waals surface area contributed by atoms with Crippen molar-refractivity contribution in [1.82, 2.24) is 5.32 Å². The van der Waals surface area contributed by atoms with Crippen molar-refractivity contribution >= 4 is 0 Å². The van der Waals surface area contributed by atoms with E-state index < -0.39 is 0 Å². The van der Waals surface area contributed by atoms with Gasteiger partial charge in [0, 0.05) is 26.8 Å². The molecule has 0 aromatic carbocycles. The molecule has 0 spiro atoms. The normalized spacial score (nSPS) is 24.2. The highest BCUT2D eigenvalue weighted by Crippen LogP contribution is 2.62. The zero-order chi connectivity index (χ0) is 11.0. The molecule has 0 unspecified atom stereocenters. The molecule has 0 bridgehead atoms. The third-order valence-corrected chi connectivity index (χ3v) is 4.04. The Balaban J connectivity index is 2.35. The van der Waals surface area contributed by atoms with Crippen molar-refractivity contribution in [2.75, 3.05) is 20.8 Å². The first kappa shape index (κ1) is 12.0. The van der Waals surface area contributed by atoms with Crippen LogP contribution in [0.2, 0.25) is 0 Å². The largest absolute Gasteiger partial charge is 0.355 e. The molecule has 0 saturated heterocycles. The number of hydrogen-bond donors (Lipinski definition) is 1. The molecule has 0 aromatic rings. The van der Waals surface area contributed by atoms with Gasteiger partial charge in [0.2, 0.25) is 0 Å². The molecule has 0 aliphatic heterocycles. The zero-order valence-corrected chi connectivity index (χ0v) is 10.2. The maximum Gasteiger partial charge on any atom is 0.169 e. The summed E-state index contributed by atoms with van der Waals surface area (Å²) in [5, 5.41) is 3.49. The van der Waals surface area contributed by atoms with Crippen LogP contribution in [0.25, 0.3) is 0 Å². The number of rotatable bonds is 5. The monoisotopic (exact) mass is 201 g/mol. The quantitative estimate of drug-likeness (QED) is 0.686. The third kappa shape index (κ3) is 1.81. The van der Waals surface area contributed by atoms with Crippen LogP contribution in [-0.4, -0.2) is 33.1 Å². The van der Waals surface area contributed by atoms with Gasteiger partial charge in [-0.3, -0.25) is 0 Å². The number of hydrogen-bond acceptors (Lipinski definition) is 3. The Kier molecular flexibility index (Phi) is 3.24. The van der Waals surface area contributed by atoms with E-state index in [1.807, 2.05) is 0 Å². The first-order valence-corrected chi connectivity index (χ1v) is 5.17. The minimum atomic E-state index is -0.137. The van der Waals surface area contributed by atoms with Crippen LogP contribution < -0.4 is 5.32 Å². The van der Waals surface area contributed by atoms with Crippen LogP contribution in [0.15, 0.2) is 0 Å². The van der Waals surface area contributed by atoms with E-state index in [2.05, 4.69) is 33.0 Å². The SMILES string of the molecule is COC(CNC1C(C)(C)C1(C)C)OC. The molecule has 1 saturated carbocycles. The fourth-order valence-electron chi connectivity index (χ4n) is 2.18. The van der Waals surface area contributed by atoms with Crippen molar-refractivity contribution in [3.05, 3.63) is 0 Å². The summed E-state index contributed by atoms with van der Waals surface area (Å²) < 4.78 is 10.3. The maximum absolute atomic E-state index is 5.13. The van der Waals surface area contributed by atoms with Crippen molar-refractivity contribution < 1.29 is 9.47 Å². The van der Waals surface area contributed by atoms with Gasteiger partial charge in [0.05, 0.1) is 0 Å². The van der Waals surface area contributed by atoms with Gasteiger partial charge in [0.25, 0.3) is 0 Å². The lowest BCUT2D eigenvalue weighted by Crippen LogP contribution is -2.33. The maximum atomic E-state index is 5.13. The van der Waals surface area contributed by atoms with E-state index in [9.17, 15) is 0 Å². The van der Waals surface area contributed by atoms with Crippen LogP contribution in [0, 0.1) is 10.8 Å². The smallest absolute Gasteiger partial charge is 0.169 e. The third-order valence-electron chi connectivity index (χ3n) is 4.04. The molecule has 1 fully saturated rings. The van der Waals surface area contributed by atoms with Crippen LogP contribution in [0.3, 0.4) is 0 Å². The predicted molar refractivity (Wildman–Crippen MR) is 57.2 cm³/mol. The second kappa shape index (κ2) is 3.80. The molecule has 1 rings (SSSR count). The molecule has 0 aromatic heterocycles. The summed E-state index contributed by atoms with van der Waals surface area (Å²) in [7, 11) is 3.33. The fraction of sp³-hybridized carbons (Fsp3) is 1.00. The van der Waals surface area contributed by atoms with Crippen LogP contribution in [0.5, 0.6) is 0 Å². The Morgan fingerprint density at radius 1 is 1.07 bits per heavy atom. The summed E-state index contributed by atoms with van der Waals surface area (Å²) in [5.41, 5.74) is 0.748. The lowest BCUT2D eigenvalue weighted by molar-refractivity contribution is -0.0993. The molecule has 3 nitrogen and oxygen atoms in total. The lowest BCUT2D eigenvalue weighted by Gasteiger charge is -2.14. The Morgan fingerprint density at radius 2 is 1.50 bits per heavy atom. The van der Waals surface area contributed by atoms with Gasteiger partial charge in [-0.05, 0) is 10.8 Å². The van der Waals surface area contributed by atoms with Gasteiger partial charge < -0.3 is 14.8 Å². The standard InChI is InChI=1S/C11H23NO2/c1-10(2)9(11(10,3)4)12-7-8(13-5)14-6/h8-9,12H,7H2,1-6H3. The minimum Gasteiger partial charge on any atom is -0.355 e. The van der Waals surface area contributed by atoms with Crippen molar-refractivity contribution in [3.63, 3.8) is 0 Å². The highest BCUT2D eigenvalue weighted by Gasteiger charge is 2.64. The summed E-state index contributed by atoms with van der Waals surface area (Å²) in [6.45, 7) is 9.92. The fourth-order valence-corrected chi connectivity index (χ4v) is 2.18. The average Bonchev–Trinajstić information content (AvgIpc) is 2.48. The highest BCUT2D eigenvalue weighted by atomic mass is 16.7. The van der Waals surface area contributed by atoms with E-state index in [-0.39, 0.29) is 6.29 Å². The van der Waals surface area contributed by atoms with E-state index in [0.29, 0.717) is 16.9 Å². The van der Waals surface area contributed by atoms with Crippen molar-refractivity contribution in [1.29, 1.82) is 0 Å². The Labute approximate surface area is 87.2 Å². The first-order valence-electron chi connectivity index (χ1n) is 5.17. The molecule has 1 aliphatic rings. The van der Waals surface area contributed by atoms with Crippen LogP contribution in [-0.2, 0) is 9.47 Å². The summed E-state index contributed by atoms with van der Waals surface area (Å²) in [5.74, 6) is 0.